The van der Waals surface area contributed by atoms with Gasteiger partial charge in [0, 0.05) is 48.1 Å². The van der Waals surface area contributed by atoms with E-state index in [4.69, 9.17) is 10.5 Å². The molecule has 7 N–H and O–H groups in total. The Bertz CT molecular complexity index is 1840. The molecule has 3 aromatic rings. The van der Waals surface area contributed by atoms with Crippen LogP contribution in [-0.4, -0.2) is 103 Å². The Morgan fingerprint density at radius 2 is 1.77 bits per heavy atom. The van der Waals surface area contributed by atoms with Crippen LogP contribution in [0.15, 0.2) is 54.6 Å². The summed E-state index contributed by atoms with van der Waals surface area (Å²) in [5, 5.41) is 6.28. The Morgan fingerprint density at radius 1 is 1.04 bits per heavy atom. The zero-order valence-electron chi connectivity index (χ0n) is 29.5. The molecule has 4 amide bonds. The van der Waals surface area contributed by atoms with E-state index in [9.17, 15) is 38.3 Å². The fourth-order valence-electron chi connectivity index (χ4n) is 6.94. The van der Waals surface area contributed by atoms with Crippen LogP contribution in [0.5, 0.6) is 0 Å². The molecule has 52 heavy (non-hydrogen) atoms. The van der Waals surface area contributed by atoms with Crippen molar-refractivity contribution in [3.63, 3.8) is 0 Å². The molecule has 3 heterocycles. The predicted molar refractivity (Wildman–Crippen MR) is 192 cm³/mol. The number of amides is 4. The molecule has 0 bridgehead atoms. The number of carbonyl (C=O) groups is 5. The van der Waals surface area contributed by atoms with Gasteiger partial charge >= 0.3 is 7.60 Å². The van der Waals surface area contributed by atoms with E-state index in [2.05, 4.69) is 20.5 Å². The van der Waals surface area contributed by atoms with Crippen molar-refractivity contribution >= 4 is 47.7 Å². The smallest absolute Gasteiger partial charge is 0.372 e. The molecule has 0 aliphatic carbocycles. The van der Waals surface area contributed by atoms with Crippen molar-refractivity contribution in [1.29, 1.82) is 0 Å². The van der Waals surface area contributed by atoms with E-state index in [1.807, 2.05) is 51.1 Å². The van der Waals surface area contributed by atoms with Crippen molar-refractivity contribution in [3.8, 4) is 0 Å². The summed E-state index contributed by atoms with van der Waals surface area (Å²) in [4.78, 5) is 91.2. The summed E-state index contributed by atoms with van der Waals surface area (Å²) in [6, 6.07) is 12.5. The molecule has 16 heteroatoms. The van der Waals surface area contributed by atoms with Gasteiger partial charge in [0.05, 0.1) is 18.8 Å². The van der Waals surface area contributed by atoms with Crippen molar-refractivity contribution < 1.29 is 43.1 Å². The molecule has 2 aliphatic heterocycles. The van der Waals surface area contributed by atoms with Crippen LogP contribution in [-0.2, 0) is 30.3 Å². The predicted octanol–water partition coefficient (Wildman–Crippen LogP) is 2.41. The third-order valence-corrected chi connectivity index (χ3v) is 10.7. The number of aromatic nitrogens is 1. The number of ether oxygens (including phenoxy) is 1. The molecule has 0 unspecified atom stereocenters. The van der Waals surface area contributed by atoms with E-state index in [0.717, 1.165) is 5.56 Å². The van der Waals surface area contributed by atoms with E-state index in [1.54, 1.807) is 4.90 Å². The molecule has 2 aliphatic rings. The first-order valence-electron chi connectivity index (χ1n) is 17.5. The third-order valence-electron chi connectivity index (χ3n) is 9.89. The lowest BCUT2D eigenvalue weighted by Crippen LogP contribution is -2.61. The lowest BCUT2D eigenvalue weighted by atomic mass is 10.0. The number of aromatic amines is 1. The normalized spacial score (nSPS) is 20.9. The minimum absolute atomic E-state index is 0.0358. The highest BCUT2D eigenvalue weighted by Crippen LogP contribution is 2.39. The molecular formula is C36H47N6O9P. The summed E-state index contributed by atoms with van der Waals surface area (Å²) < 4.78 is 17.6. The number of nitrogens with two attached hydrogens (primary N) is 1. The number of fused-ring (bicyclic) bond motifs is 2. The number of nitrogens with zero attached hydrogens (tertiary/aromatic N) is 2. The van der Waals surface area contributed by atoms with Crippen LogP contribution in [0.25, 0.3) is 10.9 Å². The maximum absolute atomic E-state index is 14.4. The fraction of sp³-hybridized carbons (Fsp3) is 0.472. The molecule has 0 spiro atoms. The van der Waals surface area contributed by atoms with E-state index in [-0.39, 0.29) is 48.6 Å². The van der Waals surface area contributed by atoms with Crippen LogP contribution >= 0.6 is 7.60 Å². The Kier molecular flexibility index (Phi) is 12.3. The van der Waals surface area contributed by atoms with E-state index in [1.165, 1.54) is 24.3 Å². The summed E-state index contributed by atoms with van der Waals surface area (Å²) in [6.45, 7) is 6.98. The van der Waals surface area contributed by atoms with Gasteiger partial charge in [-0.3, -0.25) is 33.4 Å². The zero-order chi connectivity index (χ0) is 37.7. The number of carbonyl (C=O) groups excluding carboxylic acids is 5. The summed E-state index contributed by atoms with van der Waals surface area (Å²) in [5.74, 6) is -1.88. The van der Waals surface area contributed by atoms with E-state index >= 15 is 0 Å². The Labute approximate surface area is 301 Å². The van der Waals surface area contributed by atoms with E-state index < -0.39 is 55.1 Å². The molecule has 1 aromatic heterocycles. The minimum atomic E-state index is -5.01. The van der Waals surface area contributed by atoms with Crippen LogP contribution < -0.4 is 16.4 Å². The molecule has 5 rings (SSSR count). The number of benzene rings is 2. The Morgan fingerprint density at radius 3 is 2.44 bits per heavy atom. The summed E-state index contributed by atoms with van der Waals surface area (Å²) in [5.41, 5.74) is 5.40. The average Bonchev–Trinajstić information content (AvgIpc) is 3.73. The van der Waals surface area contributed by atoms with Crippen molar-refractivity contribution in [2.45, 2.75) is 95.8 Å². The van der Waals surface area contributed by atoms with Crippen molar-refractivity contribution in [2.24, 2.45) is 5.73 Å². The lowest BCUT2D eigenvalue weighted by Gasteiger charge is -2.40. The van der Waals surface area contributed by atoms with Crippen LogP contribution in [0, 0.1) is 0 Å². The van der Waals surface area contributed by atoms with Crippen molar-refractivity contribution in [3.05, 3.63) is 71.4 Å². The Hall–Kier alpha value is -4.40. The molecule has 0 saturated carbocycles. The summed E-state index contributed by atoms with van der Waals surface area (Å²) in [6.07, 6.45) is 1.48. The maximum atomic E-state index is 14.4. The zero-order valence-corrected chi connectivity index (χ0v) is 30.4. The van der Waals surface area contributed by atoms with Gasteiger partial charge in [-0.1, -0.05) is 30.3 Å². The van der Waals surface area contributed by atoms with Crippen LogP contribution in [0.1, 0.15) is 79.3 Å². The molecule has 15 nitrogen and oxygen atoms in total. The second-order valence-corrected chi connectivity index (χ2v) is 15.3. The largest absolute Gasteiger partial charge is 0.396 e. The van der Waals surface area contributed by atoms with Gasteiger partial charge in [-0.05, 0) is 76.3 Å². The summed E-state index contributed by atoms with van der Waals surface area (Å²) in [7, 11) is -5.01. The highest BCUT2D eigenvalue weighted by Gasteiger charge is 2.45. The first-order valence-corrected chi connectivity index (χ1v) is 19.1. The molecule has 2 fully saturated rings. The maximum Gasteiger partial charge on any atom is 0.396 e. The SMILES string of the molecule is CC(C)N1CC[C@H]2CC[C@@H](C(=O)N[C@@H](CCC(N)=O)[C@@H](C)OCc3ccccc3)N2C(=O)[C@@H](NC(=O)c2cc3cc(C(=O)P(=O)(O)O)ccc3[nH]2)C1. The van der Waals surface area contributed by atoms with Crippen LogP contribution in [0.4, 0.5) is 0 Å². The number of primary amides is 1. The molecular weight excluding hydrogens is 691 g/mol. The topological polar surface area (TPSA) is 224 Å². The number of hydrogen-bond acceptors (Lipinski definition) is 8. The third kappa shape index (κ3) is 9.33. The minimum Gasteiger partial charge on any atom is -0.372 e. The van der Waals surface area contributed by atoms with Crippen LogP contribution in [0.2, 0.25) is 0 Å². The van der Waals surface area contributed by atoms with Gasteiger partial charge in [0.25, 0.3) is 11.4 Å². The Balaban J connectivity index is 1.34. The van der Waals surface area contributed by atoms with Crippen molar-refractivity contribution in [1.82, 2.24) is 25.4 Å². The number of H-pyrrole nitrogens is 1. The lowest BCUT2D eigenvalue weighted by molar-refractivity contribution is -0.144. The standard InChI is InChI=1S/C36H47N6O9P/c1-21(2)41-16-15-26-10-13-31(34(45)39-27(12-14-32(37)43)22(3)51-20-23-7-5-4-6-8-23)42(26)35(46)30(19-41)40-33(44)29-18-25-17-24(9-11-28(25)38-29)36(47)52(48,49)50/h4-9,11,17-18,21-22,26-27,30-31,38H,10,12-16,19-20H2,1-3H3,(H2,37,43)(H,39,45)(H,40,44)(H2,48,49,50)/t22-,26-,27+,30+,31+/m1/s1. The quantitative estimate of drug-likeness (QED) is 0.133. The molecule has 0 radical (unpaired) electrons. The number of nitrogens with one attached hydrogen (secondary N) is 3. The fourth-order valence-corrected chi connectivity index (χ4v) is 7.42. The van der Waals surface area contributed by atoms with Gasteiger partial charge in [0.2, 0.25) is 17.7 Å². The summed E-state index contributed by atoms with van der Waals surface area (Å²) >= 11 is 0. The van der Waals surface area contributed by atoms with Gasteiger partial charge in [-0.2, -0.15) is 0 Å². The highest BCUT2D eigenvalue weighted by atomic mass is 31.2. The van der Waals surface area contributed by atoms with Gasteiger partial charge in [0.15, 0.2) is 0 Å². The van der Waals surface area contributed by atoms with Crippen molar-refractivity contribution in [2.75, 3.05) is 13.1 Å². The molecule has 280 valence electrons. The monoisotopic (exact) mass is 738 g/mol. The first kappa shape index (κ1) is 38.8. The van der Waals surface area contributed by atoms with E-state index in [0.29, 0.717) is 43.3 Å². The van der Waals surface area contributed by atoms with Gasteiger partial charge in [0.1, 0.15) is 17.8 Å². The van der Waals surface area contributed by atoms with Crippen LogP contribution in [0.3, 0.4) is 0 Å². The first-order chi connectivity index (χ1) is 24.6. The molecule has 2 aromatic carbocycles. The average molecular weight is 739 g/mol. The highest BCUT2D eigenvalue weighted by molar-refractivity contribution is 7.70. The van der Waals surface area contributed by atoms with Gasteiger partial charge < -0.3 is 40.8 Å². The second-order valence-electron chi connectivity index (χ2n) is 13.9. The van der Waals surface area contributed by atoms with Gasteiger partial charge in [-0.15, -0.1) is 0 Å². The number of hydrogen-bond donors (Lipinski definition) is 6. The molecule has 5 atom stereocenters. The van der Waals surface area contributed by atoms with Gasteiger partial charge in [-0.25, -0.2) is 0 Å². The number of rotatable bonds is 14. The second kappa shape index (κ2) is 16.5. The molecule has 2 saturated heterocycles.